The number of carbonyl (C=O) groups is 1. The molecule has 1 aromatic rings. The Bertz CT molecular complexity index is 485. The van der Waals surface area contributed by atoms with Crippen molar-refractivity contribution in [2.75, 3.05) is 13.7 Å². The van der Waals surface area contributed by atoms with Gasteiger partial charge in [-0.2, -0.15) is 0 Å². The lowest BCUT2D eigenvalue weighted by Crippen LogP contribution is -2.27. The zero-order chi connectivity index (χ0) is 16.7. The van der Waals surface area contributed by atoms with Crippen LogP contribution < -0.4 is 4.74 Å². The Hall–Kier alpha value is -1.59. The van der Waals surface area contributed by atoms with E-state index in [9.17, 15) is 4.79 Å². The van der Waals surface area contributed by atoms with E-state index in [1.165, 1.54) is 12.5 Å². The van der Waals surface area contributed by atoms with Crippen LogP contribution in [0.15, 0.2) is 24.3 Å². The molecule has 0 amide bonds. The first kappa shape index (κ1) is 17.8. The van der Waals surface area contributed by atoms with Gasteiger partial charge in [-0.15, -0.1) is 0 Å². The number of hydrogen-bond acceptors (Lipinski definition) is 5. The summed E-state index contributed by atoms with van der Waals surface area (Å²) in [4.78, 5) is 11.3. The van der Waals surface area contributed by atoms with E-state index in [4.69, 9.17) is 18.9 Å². The Kier molecular flexibility index (Phi) is 6.86. The first-order chi connectivity index (χ1) is 11.1. The molecule has 0 bridgehead atoms. The minimum atomic E-state index is -0.700. The number of methoxy groups -OCH3 is 1. The minimum absolute atomic E-state index is 0.0248. The number of benzene rings is 1. The van der Waals surface area contributed by atoms with Gasteiger partial charge in [0.1, 0.15) is 11.9 Å². The number of carbonyl (C=O) groups excluding carboxylic acids is 1. The van der Waals surface area contributed by atoms with Crippen molar-refractivity contribution in [3.05, 3.63) is 29.8 Å². The van der Waals surface area contributed by atoms with Gasteiger partial charge in [-0.3, -0.25) is 4.79 Å². The molecule has 1 aliphatic rings. The molecule has 1 unspecified atom stereocenters. The van der Waals surface area contributed by atoms with Gasteiger partial charge in [0.05, 0.1) is 6.61 Å². The topological polar surface area (TPSA) is 54.0 Å². The lowest BCUT2D eigenvalue weighted by Gasteiger charge is -2.31. The van der Waals surface area contributed by atoms with Gasteiger partial charge in [0.15, 0.2) is 0 Å². The van der Waals surface area contributed by atoms with Gasteiger partial charge in [-0.05, 0) is 43.9 Å². The van der Waals surface area contributed by atoms with Crippen LogP contribution in [0.2, 0.25) is 0 Å². The molecule has 1 aliphatic carbocycles. The summed E-state index contributed by atoms with van der Waals surface area (Å²) < 4.78 is 21.5. The van der Waals surface area contributed by atoms with Crippen LogP contribution in [0, 0.1) is 0 Å². The molecule has 2 rings (SSSR count). The highest BCUT2D eigenvalue weighted by atomic mass is 16.8. The van der Waals surface area contributed by atoms with Crippen LogP contribution in [-0.4, -0.2) is 32.3 Å². The zero-order valence-electron chi connectivity index (χ0n) is 14.1. The number of hydrogen-bond donors (Lipinski definition) is 0. The molecule has 0 aliphatic heterocycles. The highest BCUT2D eigenvalue weighted by molar-refractivity contribution is 5.66. The van der Waals surface area contributed by atoms with Gasteiger partial charge in [0.2, 0.25) is 0 Å². The molecular weight excluding hydrogens is 296 g/mol. The van der Waals surface area contributed by atoms with Crippen molar-refractivity contribution in [1.29, 1.82) is 0 Å². The molecule has 5 nitrogen and oxygen atoms in total. The van der Waals surface area contributed by atoms with Gasteiger partial charge in [-0.25, -0.2) is 0 Å². The number of rotatable bonds is 7. The summed E-state index contributed by atoms with van der Waals surface area (Å²) in [6.07, 6.45) is 4.22. The van der Waals surface area contributed by atoms with E-state index in [-0.39, 0.29) is 18.0 Å². The molecule has 0 aromatic heterocycles. The fourth-order valence-corrected chi connectivity index (χ4v) is 3.02. The maximum atomic E-state index is 11.3. The second-order valence-electron chi connectivity index (χ2n) is 5.71. The normalized spacial score (nSPS) is 22.4. The van der Waals surface area contributed by atoms with E-state index >= 15 is 0 Å². The Morgan fingerprint density at radius 1 is 1.22 bits per heavy atom. The van der Waals surface area contributed by atoms with Gasteiger partial charge < -0.3 is 18.9 Å². The fourth-order valence-electron chi connectivity index (χ4n) is 3.02. The van der Waals surface area contributed by atoms with Crippen molar-refractivity contribution in [2.45, 2.75) is 58.0 Å². The van der Waals surface area contributed by atoms with Crippen molar-refractivity contribution in [3.63, 3.8) is 0 Å². The van der Waals surface area contributed by atoms with Gasteiger partial charge in [0, 0.05) is 20.0 Å². The second kappa shape index (κ2) is 8.89. The maximum Gasteiger partial charge on any atom is 0.315 e. The summed E-state index contributed by atoms with van der Waals surface area (Å²) in [7, 11) is 1.54. The number of ether oxygens (including phenoxy) is 4. The minimum Gasteiger partial charge on any atom is -0.462 e. The van der Waals surface area contributed by atoms with Crippen LogP contribution in [0.1, 0.15) is 51.0 Å². The molecule has 1 aromatic carbocycles. The predicted octanol–water partition coefficient (Wildman–Crippen LogP) is 3.62. The summed E-state index contributed by atoms with van der Waals surface area (Å²) in [6.45, 7) is 3.18. The average Bonchev–Trinajstić information content (AvgIpc) is 2.55. The predicted molar refractivity (Wildman–Crippen MR) is 86.3 cm³/mol. The van der Waals surface area contributed by atoms with Crippen LogP contribution in [0.4, 0.5) is 0 Å². The molecule has 0 saturated heterocycles. The van der Waals surface area contributed by atoms with E-state index in [2.05, 4.69) is 0 Å². The largest absolute Gasteiger partial charge is 0.462 e. The quantitative estimate of drug-likeness (QED) is 0.567. The molecule has 0 spiro atoms. The van der Waals surface area contributed by atoms with Gasteiger partial charge in [-0.1, -0.05) is 18.6 Å². The fraction of sp³-hybridized carbons (Fsp3) is 0.611. The van der Waals surface area contributed by atoms with E-state index < -0.39 is 6.48 Å². The monoisotopic (exact) mass is 322 g/mol. The summed E-state index contributed by atoms with van der Waals surface area (Å²) >= 11 is 0. The SMILES string of the molecule is CCOC(OC)Oc1ccc([C@@H]2CCCC[C@H]2OC(C)=O)cc1. The lowest BCUT2D eigenvalue weighted by molar-refractivity contribution is -0.231. The van der Waals surface area contributed by atoms with Crippen LogP contribution >= 0.6 is 0 Å². The van der Waals surface area contributed by atoms with Crippen molar-refractivity contribution in [1.82, 2.24) is 0 Å². The van der Waals surface area contributed by atoms with Crippen molar-refractivity contribution in [3.8, 4) is 5.75 Å². The molecule has 1 fully saturated rings. The third-order valence-corrected chi connectivity index (χ3v) is 4.06. The summed E-state index contributed by atoms with van der Waals surface area (Å²) in [5.74, 6) is 0.738. The lowest BCUT2D eigenvalue weighted by atomic mass is 9.81. The van der Waals surface area contributed by atoms with Crippen LogP contribution in [-0.2, 0) is 19.0 Å². The van der Waals surface area contributed by atoms with E-state index in [1.807, 2.05) is 31.2 Å². The van der Waals surface area contributed by atoms with Crippen molar-refractivity contribution >= 4 is 5.97 Å². The Morgan fingerprint density at radius 2 is 1.91 bits per heavy atom. The molecular formula is C18H26O5. The molecule has 0 radical (unpaired) electrons. The van der Waals surface area contributed by atoms with Crippen molar-refractivity contribution < 1.29 is 23.7 Å². The van der Waals surface area contributed by atoms with Crippen molar-refractivity contribution in [2.24, 2.45) is 0 Å². The van der Waals surface area contributed by atoms with Crippen LogP contribution in [0.5, 0.6) is 5.75 Å². The number of esters is 1. The Balaban J connectivity index is 2.03. The van der Waals surface area contributed by atoms with Crippen LogP contribution in [0.3, 0.4) is 0 Å². The molecule has 0 heterocycles. The third kappa shape index (κ3) is 5.22. The van der Waals surface area contributed by atoms with E-state index in [1.54, 1.807) is 7.11 Å². The second-order valence-corrected chi connectivity index (χ2v) is 5.71. The highest BCUT2D eigenvalue weighted by Crippen LogP contribution is 2.35. The van der Waals surface area contributed by atoms with E-state index in [0.29, 0.717) is 12.4 Å². The smallest absolute Gasteiger partial charge is 0.315 e. The van der Waals surface area contributed by atoms with Crippen LogP contribution in [0.25, 0.3) is 0 Å². The third-order valence-electron chi connectivity index (χ3n) is 4.06. The highest BCUT2D eigenvalue weighted by Gasteiger charge is 2.28. The molecule has 23 heavy (non-hydrogen) atoms. The zero-order valence-corrected chi connectivity index (χ0v) is 14.1. The molecule has 128 valence electrons. The molecule has 1 saturated carbocycles. The summed E-state index contributed by atoms with van der Waals surface area (Å²) in [5, 5.41) is 0. The van der Waals surface area contributed by atoms with Gasteiger partial charge in [0.25, 0.3) is 0 Å². The Morgan fingerprint density at radius 3 is 2.52 bits per heavy atom. The first-order valence-corrected chi connectivity index (χ1v) is 8.22. The first-order valence-electron chi connectivity index (χ1n) is 8.22. The summed E-state index contributed by atoms with van der Waals surface area (Å²) in [5.41, 5.74) is 1.17. The molecule has 3 atom stereocenters. The maximum absolute atomic E-state index is 11.3. The average molecular weight is 322 g/mol. The summed E-state index contributed by atoms with van der Waals surface area (Å²) in [6, 6.07) is 7.86. The molecule has 5 heteroatoms. The Labute approximate surface area is 137 Å². The van der Waals surface area contributed by atoms with Gasteiger partial charge >= 0.3 is 12.4 Å². The van der Waals surface area contributed by atoms with E-state index in [0.717, 1.165) is 25.7 Å². The molecule has 0 N–H and O–H groups in total. The standard InChI is InChI=1S/C18H26O5/c1-4-21-18(20-3)23-15-11-9-14(10-12-15)16-7-5-6-8-17(16)22-13(2)19/h9-12,16-18H,4-8H2,1-3H3/t16-,17+,18?/m0/s1.